The monoisotopic (exact) mass is 1650 g/mol. The van der Waals surface area contributed by atoms with Gasteiger partial charge in [-0.25, -0.2) is 0 Å². The molecule has 0 aliphatic carbocycles. The van der Waals surface area contributed by atoms with E-state index in [0.29, 0.717) is 0 Å². The van der Waals surface area contributed by atoms with E-state index in [1.54, 1.807) is 0 Å². The zero-order valence-corrected chi connectivity index (χ0v) is 62.0. The normalized spacial score (nSPS) is 20.5. The van der Waals surface area contributed by atoms with E-state index in [-0.39, 0.29) is 0 Å². The van der Waals surface area contributed by atoms with E-state index in [9.17, 15) is 38.4 Å². The summed E-state index contributed by atoms with van der Waals surface area (Å²) in [7, 11) is 0. The summed E-state index contributed by atoms with van der Waals surface area (Å²) in [5.74, 6) is 0. The number of hydrogen-bond donors (Lipinski definition) is 0. The van der Waals surface area contributed by atoms with Crippen LogP contribution in [-0.4, -0.2) is 0 Å². The molecule has 0 atom stereocenters. The van der Waals surface area contributed by atoms with Gasteiger partial charge in [-0.15, -0.1) is 0 Å². The largest absolute Gasteiger partial charge is 0.0636 e. The molecule has 0 nitrogen and oxygen atoms in total. The van der Waals surface area contributed by atoms with Crippen LogP contribution in [0.1, 0.15) is 107 Å². The van der Waals surface area contributed by atoms with Crippen LogP contribution in [0.25, 0.3) is 250 Å². The van der Waals surface area contributed by atoms with Gasteiger partial charge in [0.15, 0.2) is 0 Å². The molecule has 0 aliphatic heterocycles. The van der Waals surface area contributed by atoms with Crippen LogP contribution < -0.4 is 0 Å². The van der Waals surface area contributed by atoms with Crippen molar-refractivity contribution >= 4 is 172 Å². The molecule has 0 bridgehead atoms. The van der Waals surface area contributed by atoms with E-state index in [1.165, 1.54) is 0 Å². The summed E-state index contributed by atoms with van der Waals surface area (Å²) < 4.78 is 697. The van der Waals surface area contributed by atoms with Gasteiger partial charge in [0.25, 0.3) is 0 Å². The Morgan fingerprint density at radius 2 is 0.274 bits per heavy atom. The lowest BCUT2D eigenvalue weighted by Crippen LogP contribution is -1.92. The highest BCUT2D eigenvalue weighted by Gasteiger charge is 2.23. The molecule has 26 aromatic rings. The van der Waals surface area contributed by atoms with Crippen molar-refractivity contribution < 1.29 is 107 Å². The minimum Gasteiger partial charge on any atom is -0.0622 e. The number of hydrogen-bond acceptors (Lipinski definition) is 0. The minimum absolute atomic E-state index is 0.485. The van der Waals surface area contributed by atoms with Crippen molar-refractivity contribution in [2.75, 3.05) is 0 Å². The summed E-state index contributed by atoms with van der Waals surface area (Å²) in [6.45, 7) is 0. The predicted octanol–water partition coefficient (Wildman–Crippen LogP) is 35.2. The van der Waals surface area contributed by atoms with Gasteiger partial charge in [0.1, 0.15) is 0 Å². The van der Waals surface area contributed by atoms with Gasteiger partial charge in [0.05, 0.1) is 107 Å². The molecule has 124 heavy (non-hydrogen) atoms. The standard InChI is InChI=1S/2C42H26.C40H26/c1-3-11-33-27(9-1)17-19-29-25-31(21-23-35(29)33)41-37-13-5-7-15-39(37)42(40-16-8-6-14-38(40)41)32-22-24-36-30(26-32)20-18-28-10-2-4-12-34(28)36;1-3-13-31-27(11-1)21-22-29-25-30(23-24-33(29)31)41-36-17-7-9-19-38(36)42(39-20-10-8-18-37(39)41)40-26-28-12-2-4-14-32(28)34-15-5-6-16-35(34)40;1-2-10-27(11-3-1)28-18-21-30(22-19-28)39-35-14-6-8-16-37(35)40(38-17-9-7-15-36(38)39)32-24-25-34-31(26-32)23-20-29-12-4-5-13-33(29)34/h2*1-26H;1-26H/i3*1D,2D,3D,4D,5D,6D,7D,8D,9D,10D,11D,12D,13D,14D,15D,16D,17D,18D,19D,20D,21D,22D,23D,24D,25D,26D. The summed E-state index contributed by atoms with van der Waals surface area (Å²) in [4.78, 5) is 0. The minimum atomic E-state index is -1.05. The lowest BCUT2D eigenvalue weighted by atomic mass is 9.83. The Labute approximate surface area is 827 Å². The van der Waals surface area contributed by atoms with Crippen LogP contribution in [0.4, 0.5) is 0 Å². The summed E-state index contributed by atoms with van der Waals surface area (Å²) in [5.41, 5.74) is -10.4. The summed E-state index contributed by atoms with van der Waals surface area (Å²) >= 11 is 0. The predicted molar refractivity (Wildman–Crippen MR) is 537 cm³/mol. The van der Waals surface area contributed by atoms with Gasteiger partial charge in [0, 0.05) is 0 Å². The molecule has 0 amide bonds. The van der Waals surface area contributed by atoms with Crippen LogP contribution >= 0.6 is 0 Å². The molecule has 0 radical (unpaired) electrons. The molecular formula is C124H78. The maximum Gasteiger partial charge on any atom is 0.0636 e. The summed E-state index contributed by atoms with van der Waals surface area (Å²) in [6.07, 6.45) is 0. The molecule has 0 heteroatoms. The molecule has 0 N–H and O–H groups in total. The Hall–Kier alpha value is -16.1. The topological polar surface area (TPSA) is 0 Å². The third-order valence-corrected chi connectivity index (χ3v) is 20.4. The zero-order valence-electron chi connectivity index (χ0n) is 140. The van der Waals surface area contributed by atoms with Gasteiger partial charge < -0.3 is 0 Å². The van der Waals surface area contributed by atoms with E-state index in [0.717, 1.165) is 0 Å². The van der Waals surface area contributed by atoms with Gasteiger partial charge in [-0.05, 0) is 280 Å². The molecule has 26 rings (SSSR count). The van der Waals surface area contributed by atoms with Crippen molar-refractivity contribution in [3.63, 3.8) is 0 Å². The SMILES string of the molecule is [2H]c1c([2H])c([2H])c(-c2c([2H])c([2H])c(-c3c4c([2H])c([2H])c([2H])c([2H])c4c(-c4c([2H])c([2H])c5c(c4[2H])c([2H])c([2H])c4c([2H])c([2H])c([2H])c([2H])c45)c4c([2H])c([2H])c([2H])c([2H])c34)c([2H])c2[2H])c([2H])c1[2H].[2H]c1c([2H])c([2H])c2c(-c3c([2H])c([2H])c4c(c3[2H])c([2H])c([2H])c3c([2H])c([2H])c([2H])c([2H])c34)c3c([2H])c([2H])c([2H])c([2H])c3c(-c3c([2H])c([2H])c4c(c3[2H])c([2H])c([2H])c3c([2H])c([2H])c([2H])c([2H])c34)c2c1[2H].[2H]c1c([2H])c([2H])c2c(-c3c([2H])c4c([2H])c([2H])c([2H])c([2H])c4c4c([2H])c([2H])c([2H])c([2H])c34)c3c([2H])c([2H])c([2H])c([2H])c3c(-c3c([2H])c([2H])c4c(c3[2H])c([2H])c([2H])c3c([2H])c([2H])c([2H])c([2H])c34)c2c1[2H]. The van der Waals surface area contributed by atoms with Crippen molar-refractivity contribution in [2.45, 2.75) is 0 Å². The lowest BCUT2D eigenvalue weighted by molar-refractivity contribution is 1.61. The van der Waals surface area contributed by atoms with Crippen molar-refractivity contribution in [3.05, 3.63) is 471 Å². The maximum atomic E-state index is 9.76. The fraction of sp³-hybridized carbons (Fsp3) is 0. The first-order chi connectivity index (χ1) is 94.0. The molecule has 0 heterocycles. The first-order valence-electron chi connectivity index (χ1n) is 75.8. The Kier molecular flexibility index (Phi) is 6.83. The molecule has 574 valence electrons. The number of benzene rings is 26. The first-order valence-corrected chi connectivity index (χ1v) is 36.8. The van der Waals surface area contributed by atoms with E-state index < -0.39 is 722 Å². The molecule has 0 spiro atoms. The average molecular weight is 1650 g/mol. The Morgan fingerprint density at radius 3 is 0.573 bits per heavy atom. The van der Waals surface area contributed by atoms with Crippen LogP contribution in [0.2, 0.25) is 0 Å². The summed E-state index contributed by atoms with van der Waals surface area (Å²) in [5, 5.41) is -19.7. The zero-order chi connectivity index (χ0) is 150. The van der Waals surface area contributed by atoms with Crippen molar-refractivity contribution in [3.8, 4) is 77.9 Å². The van der Waals surface area contributed by atoms with Crippen molar-refractivity contribution in [1.29, 1.82) is 0 Å². The second kappa shape index (κ2) is 30.0. The molecule has 0 saturated heterocycles. The van der Waals surface area contributed by atoms with E-state index >= 15 is 0 Å². The molecule has 0 saturated carbocycles. The van der Waals surface area contributed by atoms with Gasteiger partial charge in [-0.2, -0.15) is 0 Å². The molecule has 0 aromatic heterocycles. The first kappa shape index (κ1) is 28.2. The van der Waals surface area contributed by atoms with Gasteiger partial charge in [-0.1, -0.05) is 441 Å². The fourth-order valence-corrected chi connectivity index (χ4v) is 15.1. The van der Waals surface area contributed by atoms with Gasteiger partial charge in [0.2, 0.25) is 0 Å². The third kappa shape index (κ3) is 12.1. The van der Waals surface area contributed by atoms with Crippen LogP contribution in [0, 0.1) is 0 Å². The number of rotatable bonds is 7. The highest BCUT2D eigenvalue weighted by Crippen LogP contribution is 2.51. The Morgan fingerprint density at radius 1 is 0.0968 bits per heavy atom. The molecule has 26 aromatic carbocycles. The maximum absolute atomic E-state index is 9.76. The Balaban J connectivity index is 0.000000150. The quantitative estimate of drug-likeness (QED) is 0.110. The van der Waals surface area contributed by atoms with Crippen LogP contribution in [0.3, 0.4) is 0 Å². The molecule has 0 fully saturated rings. The molecular weight excluding hydrogens is 1490 g/mol. The van der Waals surface area contributed by atoms with Gasteiger partial charge >= 0.3 is 0 Å². The molecule has 0 unspecified atom stereocenters. The fourth-order valence-electron chi connectivity index (χ4n) is 15.1. The van der Waals surface area contributed by atoms with E-state index in [2.05, 4.69) is 0 Å². The Bertz CT molecular complexity index is 13400. The lowest BCUT2D eigenvalue weighted by Gasteiger charge is -2.20. The molecule has 0 aliphatic rings. The van der Waals surface area contributed by atoms with Crippen molar-refractivity contribution in [1.82, 2.24) is 0 Å². The van der Waals surface area contributed by atoms with E-state index in [1.807, 2.05) is 0 Å². The van der Waals surface area contributed by atoms with Gasteiger partial charge in [-0.3, -0.25) is 0 Å². The van der Waals surface area contributed by atoms with Crippen LogP contribution in [0.15, 0.2) is 471 Å². The highest BCUT2D eigenvalue weighted by atomic mass is 14.3. The second-order valence-corrected chi connectivity index (χ2v) is 27.0. The second-order valence-electron chi connectivity index (χ2n) is 27.0. The van der Waals surface area contributed by atoms with Crippen LogP contribution in [0.5, 0.6) is 0 Å². The smallest absolute Gasteiger partial charge is 0.0622 e. The van der Waals surface area contributed by atoms with Crippen molar-refractivity contribution in [2.24, 2.45) is 0 Å². The van der Waals surface area contributed by atoms with Crippen LogP contribution in [-0.2, 0) is 0 Å². The number of fused-ring (bicyclic) bond motifs is 21. The average Bonchev–Trinajstić information content (AvgIpc) is 0.676. The summed E-state index contributed by atoms with van der Waals surface area (Å²) in [6, 6.07) is -70.3. The van der Waals surface area contributed by atoms with E-state index in [4.69, 9.17) is 68.5 Å². The highest BCUT2D eigenvalue weighted by molar-refractivity contribution is 6.29. The third-order valence-electron chi connectivity index (χ3n) is 20.4.